The first-order chi connectivity index (χ1) is 12.2. The van der Waals surface area contributed by atoms with Gasteiger partial charge in [0, 0.05) is 19.5 Å². The topological polar surface area (TPSA) is 94.2 Å². The minimum atomic E-state index is -0.707. The molecule has 8 heteroatoms. The number of nitrogens with zero attached hydrogens (tertiary/aromatic N) is 1. The molecule has 0 spiro atoms. The van der Waals surface area contributed by atoms with Crippen LogP contribution in [0.4, 0.5) is 4.79 Å². The van der Waals surface area contributed by atoms with Gasteiger partial charge in [-0.15, -0.1) is 0 Å². The van der Waals surface area contributed by atoms with Gasteiger partial charge in [-0.2, -0.15) is 0 Å². The molecule has 0 radical (unpaired) electrons. The second-order valence-electron chi connectivity index (χ2n) is 7.70. The first-order valence-corrected chi connectivity index (χ1v) is 9.29. The molecule has 2 unspecified atom stereocenters. The molecule has 0 bridgehead atoms. The molecule has 2 aliphatic rings. The number of rotatable bonds is 4. The van der Waals surface area contributed by atoms with E-state index in [1.807, 2.05) is 0 Å². The third-order valence-electron chi connectivity index (χ3n) is 4.40. The molecule has 0 aliphatic carbocycles. The second-order valence-corrected chi connectivity index (χ2v) is 7.70. The Labute approximate surface area is 154 Å². The van der Waals surface area contributed by atoms with Crippen molar-refractivity contribution in [1.29, 1.82) is 0 Å². The lowest BCUT2D eigenvalue weighted by Gasteiger charge is -2.37. The molecule has 0 saturated carbocycles. The highest BCUT2D eigenvalue weighted by Crippen LogP contribution is 2.24. The maximum absolute atomic E-state index is 12.4. The molecule has 2 saturated heterocycles. The number of hydrogen-bond acceptors (Lipinski definition) is 7. The van der Waals surface area contributed by atoms with Gasteiger partial charge in [0.2, 0.25) is 0 Å². The van der Waals surface area contributed by atoms with E-state index in [0.29, 0.717) is 13.0 Å². The van der Waals surface area contributed by atoms with Crippen molar-refractivity contribution < 1.29 is 28.6 Å². The highest BCUT2D eigenvalue weighted by molar-refractivity contribution is 5.79. The van der Waals surface area contributed by atoms with E-state index in [2.05, 4.69) is 5.32 Å². The molecular formula is C18H30N2O6. The number of esters is 2. The van der Waals surface area contributed by atoms with Crippen molar-refractivity contribution in [3.8, 4) is 0 Å². The van der Waals surface area contributed by atoms with Gasteiger partial charge < -0.3 is 24.4 Å². The van der Waals surface area contributed by atoms with Crippen LogP contribution in [0.5, 0.6) is 0 Å². The molecule has 2 heterocycles. The third-order valence-corrected chi connectivity index (χ3v) is 4.40. The molecule has 3 atom stereocenters. The molecule has 0 aromatic heterocycles. The van der Waals surface area contributed by atoms with Crippen LogP contribution < -0.4 is 5.32 Å². The summed E-state index contributed by atoms with van der Waals surface area (Å²) >= 11 is 0. The number of likely N-dealkylation sites (tertiary alicyclic amines) is 1. The SMILES string of the molecule is CCOC(=O)C1CN(C(=O)OC(C)(C)C)CCC1OC(=O)[C@@H]1CCCN1. The fourth-order valence-corrected chi connectivity index (χ4v) is 3.16. The Morgan fingerprint density at radius 1 is 1.15 bits per heavy atom. The smallest absolute Gasteiger partial charge is 0.410 e. The number of ether oxygens (including phenoxy) is 3. The summed E-state index contributed by atoms with van der Waals surface area (Å²) in [6.07, 6.45) is 0.968. The molecule has 2 rings (SSSR count). The van der Waals surface area contributed by atoms with Gasteiger partial charge in [-0.3, -0.25) is 9.59 Å². The molecule has 1 amide bonds. The molecule has 26 heavy (non-hydrogen) atoms. The summed E-state index contributed by atoms with van der Waals surface area (Å²) in [6, 6.07) is -0.318. The Hall–Kier alpha value is -1.83. The van der Waals surface area contributed by atoms with Gasteiger partial charge in [0.05, 0.1) is 6.61 Å². The summed E-state index contributed by atoms with van der Waals surface area (Å²) in [5.74, 6) is -1.51. The minimum absolute atomic E-state index is 0.115. The van der Waals surface area contributed by atoms with Crippen molar-refractivity contribution in [2.45, 2.75) is 64.7 Å². The van der Waals surface area contributed by atoms with Crippen LogP contribution in [0, 0.1) is 5.92 Å². The summed E-state index contributed by atoms with van der Waals surface area (Å²) < 4.78 is 16.1. The van der Waals surface area contributed by atoms with Gasteiger partial charge >= 0.3 is 18.0 Å². The lowest BCUT2D eigenvalue weighted by atomic mass is 9.94. The maximum Gasteiger partial charge on any atom is 0.410 e. The van der Waals surface area contributed by atoms with Crippen molar-refractivity contribution in [2.24, 2.45) is 5.92 Å². The maximum atomic E-state index is 12.4. The third kappa shape index (κ3) is 5.59. The van der Waals surface area contributed by atoms with Crippen LogP contribution in [0.25, 0.3) is 0 Å². The van der Waals surface area contributed by atoms with Crippen LogP contribution in [0.1, 0.15) is 47.0 Å². The van der Waals surface area contributed by atoms with Crippen LogP contribution in [-0.2, 0) is 23.8 Å². The summed E-state index contributed by atoms with van der Waals surface area (Å²) in [6.45, 7) is 8.58. The Bertz CT molecular complexity index is 524. The molecule has 2 fully saturated rings. The van der Waals surface area contributed by atoms with E-state index in [4.69, 9.17) is 14.2 Å². The lowest BCUT2D eigenvalue weighted by molar-refractivity contribution is -0.167. The van der Waals surface area contributed by atoms with Crippen LogP contribution >= 0.6 is 0 Å². The van der Waals surface area contributed by atoms with Crippen LogP contribution in [0.3, 0.4) is 0 Å². The molecular weight excluding hydrogens is 340 g/mol. The zero-order chi connectivity index (χ0) is 19.3. The molecule has 0 aromatic rings. The summed E-state index contributed by atoms with van der Waals surface area (Å²) in [5, 5.41) is 3.09. The first-order valence-electron chi connectivity index (χ1n) is 9.29. The van der Waals surface area contributed by atoms with Gasteiger partial charge in [0.15, 0.2) is 0 Å². The van der Waals surface area contributed by atoms with Gasteiger partial charge in [-0.25, -0.2) is 4.79 Å². The minimum Gasteiger partial charge on any atom is -0.466 e. The van der Waals surface area contributed by atoms with E-state index in [0.717, 1.165) is 19.4 Å². The van der Waals surface area contributed by atoms with Gasteiger partial charge in [-0.1, -0.05) is 0 Å². The van der Waals surface area contributed by atoms with E-state index < -0.39 is 29.7 Å². The first kappa shape index (κ1) is 20.5. The van der Waals surface area contributed by atoms with E-state index in [9.17, 15) is 14.4 Å². The average molecular weight is 370 g/mol. The standard InChI is InChI=1S/C18H30N2O6/c1-5-24-15(21)12-11-20(17(23)26-18(2,3)4)10-8-14(12)25-16(22)13-7-6-9-19-13/h12-14,19H,5-11H2,1-4H3/t12?,13-,14?/m0/s1. The average Bonchev–Trinajstić information content (AvgIpc) is 3.08. The van der Waals surface area contributed by atoms with Gasteiger partial charge in [-0.05, 0) is 47.1 Å². The Balaban J connectivity index is 2.03. The summed E-state index contributed by atoms with van der Waals surface area (Å²) in [4.78, 5) is 38.4. The summed E-state index contributed by atoms with van der Waals surface area (Å²) in [5.41, 5.74) is -0.617. The predicted octanol–water partition coefficient (Wildman–Crippen LogP) is 1.47. The van der Waals surface area contributed by atoms with Gasteiger partial charge in [0.25, 0.3) is 0 Å². The quantitative estimate of drug-likeness (QED) is 0.591. The monoisotopic (exact) mass is 370 g/mol. The van der Waals surface area contributed by atoms with Crippen LogP contribution in [0.2, 0.25) is 0 Å². The van der Waals surface area contributed by atoms with Crippen molar-refractivity contribution in [2.75, 3.05) is 26.2 Å². The number of piperidine rings is 1. The Morgan fingerprint density at radius 3 is 2.46 bits per heavy atom. The number of carbonyl (C=O) groups is 3. The summed E-state index contributed by atoms with van der Waals surface area (Å²) in [7, 11) is 0. The van der Waals surface area contributed by atoms with Crippen LogP contribution in [-0.4, -0.2) is 66.9 Å². The number of amides is 1. The van der Waals surface area contributed by atoms with Crippen molar-refractivity contribution in [1.82, 2.24) is 10.2 Å². The Kier molecular flexibility index (Phi) is 6.86. The van der Waals surface area contributed by atoms with E-state index in [1.54, 1.807) is 27.7 Å². The number of carbonyl (C=O) groups excluding carboxylic acids is 3. The lowest BCUT2D eigenvalue weighted by Crippen LogP contribution is -2.52. The fourth-order valence-electron chi connectivity index (χ4n) is 3.16. The molecule has 8 nitrogen and oxygen atoms in total. The highest BCUT2D eigenvalue weighted by Gasteiger charge is 2.41. The number of nitrogens with one attached hydrogen (secondary N) is 1. The second kappa shape index (κ2) is 8.70. The highest BCUT2D eigenvalue weighted by atomic mass is 16.6. The Morgan fingerprint density at radius 2 is 1.88 bits per heavy atom. The van der Waals surface area contributed by atoms with E-state index >= 15 is 0 Å². The molecule has 0 aromatic carbocycles. The van der Waals surface area contributed by atoms with Crippen molar-refractivity contribution in [3.05, 3.63) is 0 Å². The zero-order valence-corrected chi connectivity index (χ0v) is 16.1. The number of hydrogen-bond donors (Lipinski definition) is 1. The van der Waals surface area contributed by atoms with Crippen LogP contribution in [0.15, 0.2) is 0 Å². The molecule has 2 aliphatic heterocycles. The molecule has 148 valence electrons. The molecule has 1 N–H and O–H groups in total. The van der Waals surface area contributed by atoms with E-state index in [-0.39, 0.29) is 25.2 Å². The fraction of sp³-hybridized carbons (Fsp3) is 0.833. The zero-order valence-electron chi connectivity index (χ0n) is 16.1. The normalized spacial score (nSPS) is 26.3. The van der Waals surface area contributed by atoms with Gasteiger partial charge in [0.1, 0.15) is 23.7 Å². The largest absolute Gasteiger partial charge is 0.466 e. The predicted molar refractivity (Wildman–Crippen MR) is 93.5 cm³/mol. The van der Waals surface area contributed by atoms with E-state index in [1.165, 1.54) is 4.90 Å². The van der Waals surface area contributed by atoms with Crippen molar-refractivity contribution >= 4 is 18.0 Å². The van der Waals surface area contributed by atoms with Crippen molar-refractivity contribution in [3.63, 3.8) is 0 Å².